The molecule has 0 spiro atoms. The zero-order chi connectivity index (χ0) is 64.9. The van der Waals surface area contributed by atoms with Gasteiger partial charge in [-0.1, -0.05) is 354 Å². The molecule has 1 heterocycles. The third-order valence-corrected chi connectivity index (χ3v) is 17.6. The first-order valence-corrected chi connectivity index (χ1v) is 38.1. The Hall–Kier alpha value is -3.15. The van der Waals surface area contributed by atoms with E-state index in [0.29, 0.717) is 6.42 Å². The van der Waals surface area contributed by atoms with Gasteiger partial charge in [0.15, 0.2) is 6.29 Å². The molecule has 1 amide bonds. The molecule has 1 saturated heterocycles. The van der Waals surface area contributed by atoms with E-state index < -0.39 is 49.5 Å². The fourth-order valence-electron chi connectivity index (χ4n) is 11.7. The van der Waals surface area contributed by atoms with Crippen LogP contribution in [0.3, 0.4) is 0 Å². The van der Waals surface area contributed by atoms with E-state index in [-0.39, 0.29) is 12.5 Å². The van der Waals surface area contributed by atoms with Crippen molar-refractivity contribution in [3.8, 4) is 0 Å². The number of aliphatic hydroxyl groups excluding tert-OH is 5. The highest BCUT2D eigenvalue weighted by Gasteiger charge is 2.44. The third-order valence-electron chi connectivity index (χ3n) is 17.6. The van der Waals surface area contributed by atoms with Crippen LogP contribution in [0.5, 0.6) is 0 Å². The molecular formula is C81H143NO8. The lowest BCUT2D eigenvalue weighted by Crippen LogP contribution is -2.60. The smallest absolute Gasteiger partial charge is 0.220 e. The number of hydrogen-bond donors (Lipinski definition) is 6. The van der Waals surface area contributed by atoms with Crippen LogP contribution >= 0.6 is 0 Å². The molecule has 7 unspecified atom stereocenters. The summed E-state index contributed by atoms with van der Waals surface area (Å²) in [5, 5.41) is 54.8. The lowest BCUT2D eigenvalue weighted by Gasteiger charge is -2.40. The summed E-state index contributed by atoms with van der Waals surface area (Å²) in [6.07, 6.45) is 95.0. The van der Waals surface area contributed by atoms with Crippen LogP contribution in [-0.2, 0) is 14.3 Å². The Balaban J connectivity index is 2.12. The van der Waals surface area contributed by atoms with Crippen LogP contribution in [0.15, 0.2) is 109 Å². The monoisotopic (exact) mass is 1260 g/mol. The molecule has 6 N–H and O–H groups in total. The van der Waals surface area contributed by atoms with Crippen LogP contribution in [0.1, 0.15) is 341 Å². The van der Waals surface area contributed by atoms with E-state index >= 15 is 0 Å². The van der Waals surface area contributed by atoms with Crippen molar-refractivity contribution in [3.05, 3.63) is 109 Å². The van der Waals surface area contributed by atoms with Crippen LogP contribution in [0, 0.1) is 0 Å². The first-order valence-electron chi connectivity index (χ1n) is 38.1. The van der Waals surface area contributed by atoms with Gasteiger partial charge in [0.05, 0.1) is 25.4 Å². The molecule has 0 aromatic rings. The number of carbonyl (C=O) groups is 1. The second-order valence-electron chi connectivity index (χ2n) is 26.1. The molecule has 1 aliphatic rings. The van der Waals surface area contributed by atoms with E-state index in [2.05, 4.69) is 116 Å². The van der Waals surface area contributed by atoms with Crippen molar-refractivity contribution in [2.24, 2.45) is 0 Å². The van der Waals surface area contributed by atoms with Gasteiger partial charge in [-0.2, -0.15) is 0 Å². The van der Waals surface area contributed by atoms with Gasteiger partial charge in [-0.05, 0) is 89.9 Å². The van der Waals surface area contributed by atoms with Crippen molar-refractivity contribution in [2.45, 2.75) is 384 Å². The standard InChI is InChI=1S/C81H143NO8/c1-3-5-7-9-11-13-15-17-19-21-23-25-27-29-31-33-35-36-37-38-39-40-41-43-45-47-49-51-53-55-57-59-61-63-65-67-69-71-77(85)82-74(73-89-81-80(88)79(87)78(86)76(72-83)90-81)75(84)70-68-66-64-62-60-58-56-54-52-50-48-46-44-42-34-32-30-28-26-24-22-20-18-16-14-12-10-8-6-4-2/h5,7,11,13,17,19,23,25,29,31,35-36,38-39,60,62,68,70,74-76,78-81,83-84,86-88H,3-4,6,8-10,12,14-16,18,20-22,24,26-28,30,32-34,37,40-59,61,63-67,69,71-73H2,1-2H3,(H,82,85)/b7-5-,13-11-,19-17-,25-23-,31-29-,36-35-,39-38-,62-60+,70-68+. The fraction of sp³-hybridized carbons (Fsp3) is 0.765. The number of nitrogens with one attached hydrogen (secondary N) is 1. The van der Waals surface area contributed by atoms with Crippen molar-refractivity contribution in [2.75, 3.05) is 13.2 Å². The Morgan fingerprint density at radius 3 is 1.07 bits per heavy atom. The summed E-state index contributed by atoms with van der Waals surface area (Å²) in [7, 11) is 0. The Kier molecular flexibility index (Phi) is 64.8. The van der Waals surface area contributed by atoms with Gasteiger partial charge in [-0.15, -0.1) is 0 Å². The Morgan fingerprint density at radius 2 is 0.700 bits per heavy atom. The summed E-state index contributed by atoms with van der Waals surface area (Å²) < 4.78 is 11.3. The summed E-state index contributed by atoms with van der Waals surface area (Å²) in [5.74, 6) is -0.186. The van der Waals surface area contributed by atoms with Crippen molar-refractivity contribution >= 4 is 5.91 Å². The maximum absolute atomic E-state index is 13.2. The van der Waals surface area contributed by atoms with Gasteiger partial charge in [-0.3, -0.25) is 4.79 Å². The van der Waals surface area contributed by atoms with Crippen molar-refractivity contribution < 1.29 is 39.8 Å². The third kappa shape index (κ3) is 56.4. The average Bonchev–Trinajstić information content (AvgIpc) is 1.28. The highest BCUT2D eigenvalue weighted by atomic mass is 16.7. The van der Waals surface area contributed by atoms with Crippen molar-refractivity contribution in [3.63, 3.8) is 0 Å². The molecule has 520 valence electrons. The van der Waals surface area contributed by atoms with Gasteiger partial charge >= 0.3 is 0 Å². The molecule has 1 aliphatic heterocycles. The molecule has 7 atom stereocenters. The molecule has 90 heavy (non-hydrogen) atoms. The predicted octanol–water partition coefficient (Wildman–Crippen LogP) is 21.6. The number of rotatable bonds is 66. The SMILES string of the molecule is CC/C=C\C/C=C\C/C=C\C/C=C\C/C=C\C/C=C\C/C=C\CCCCCCCCCCCCCCCCCC(=O)NC(COC1OC(CO)C(O)C(O)C1O)C(O)/C=C/CC/C=C/CCCCCCCCCCCCCCCCCCCCCCCCCC. The van der Waals surface area contributed by atoms with Crippen LogP contribution < -0.4 is 5.32 Å². The summed E-state index contributed by atoms with van der Waals surface area (Å²) in [4.78, 5) is 13.2. The normalized spacial score (nSPS) is 18.4. The van der Waals surface area contributed by atoms with E-state index in [1.54, 1.807) is 6.08 Å². The van der Waals surface area contributed by atoms with Gasteiger partial charge in [0.25, 0.3) is 0 Å². The van der Waals surface area contributed by atoms with E-state index in [0.717, 1.165) is 83.5 Å². The molecule has 9 nitrogen and oxygen atoms in total. The summed E-state index contributed by atoms with van der Waals surface area (Å²) >= 11 is 0. The summed E-state index contributed by atoms with van der Waals surface area (Å²) in [6.45, 7) is 3.69. The molecule has 1 fully saturated rings. The number of unbranched alkanes of at least 4 members (excludes halogenated alkanes) is 40. The minimum absolute atomic E-state index is 0.186. The average molecular weight is 1260 g/mol. The molecule has 0 radical (unpaired) electrons. The first kappa shape index (κ1) is 84.9. The topological polar surface area (TPSA) is 149 Å². The van der Waals surface area contributed by atoms with Crippen molar-refractivity contribution in [1.82, 2.24) is 5.32 Å². The van der Waals surface area contributed by atoms with E-state index in [4.69, 9.17) is 9.47 Å². The summed E-state index contributed by atoms with van der Waals surface area (Å²) in [5.41, 5.74) is 0. The Bertz CT molecular complexity index is 1800. The van der Waals surface area contributed by atoms with Crippen molar-refractivity contribution in [1.29, 1.82) is 0 Å². The fourth-order valence-corrected chi connectivity index (χ4v) is 11.7. The van der Waals surface area contributed by atoms with Crippen LogP contribution in [0.4, 0.5) is 0 Å². The molecule has 0 aromatic heterocycles. The first-order chi connectivity index (χ1) is 44.3. The number of aliphatic hydroxyl groups is 5. The molecule has 0 bridgehead atoms. The Labute approximate surface area is 555 Å². The highest BCUT2D eigenvalue weighted by Crippen LogP contribution is 2.23. The van der Waals surface area contributed by atoms with Crippen LogP contribution in [0.25, 0.3) is 0 Å². The largest absolute Gasteiger partial charge is 0.394 e. The second kappa shape index (κ2) is 68.7. The number of amides is 1. The van der Waals surface area contributed by atoms with E-state index in [1.165, 1.54) is 238 Å². The lowest BCUT2D eigenvalue weighted by atomic mass is 9.99. The maximum Gasteiger partial charge on any atom is 0.220 e. The number of carbonyl (C=O) groups excluding carboxylic acids is 1. The summed E-state index contributed by atoms with van der Waals surface area (Å²) in [6, 6.07) is -0.830. The lowest BCUT2D eigenvalue weighted by molar-refractivity contribution is -0.302. The highest BCUT2D eigenvalue weighted by molar-refractivity contribution is 5.76. The number of ether oxygens (including phenoxy) is 2. The van der Waals surface area contributed by atoms with Gasteiger partial charge in [0.2, 0.25) is 5.91 Å². The maximum atomic E-state index is 13.2. The zero-order valence-corrected chi connectivity index (χ0v) is 58.4. The van der Waals surface area contributed by atoms with Crippen LogP contribution in [0.2, 0.25) is 0 Å². The molecule has 9 heteroatoms. The van der Waals surface area contributed by atoms with Gasteiger partial charge in [-0.25, -0.2) is 0 Å². The predicted molar refractivity (Wildman–Crippen MR) is 387 cm³/mol. The van der Waals surface area contributed by atoms with Gasteiger partial charge < -0.3 is 40.3 Å². The molecular weight excluding hydrogens is 1110 g/mol. The zero-order valence-electron chi connectivity index (χ0n) is 58.4. The second-order valence-corrected chi connectivity index (χ2v) is 26.1. The minimum atomic E-state index is -1.58. The van der Waals surface area contributed by atoms with Gasteiger partial charge in [0, 0.05) is 6.42 Å². The number of hydrogen-bond acceptors (Lipinski definition) is 8. The van der Waals surface area contributed by atoms with Crippen LogP contribution in [-0.4, -0.2) is 87.5 Å². The molecule has 0 aliphatic carbocycles. The molecule has 1 rings (SSSR count). The van der Waals surface area contributed by atoms with Gasteiger partial charge in [0.1, 0.15) is 24.4 Å². The van der Waals surface area contributed by atoms with E-state index in [1.807, 2.05) is 6.08 Å². The number of allylic oxidation sites excluding steroid dienone is 17. The Morgan fingerprint density at radius 1 is 0.389 bits per heavy atom. The van der Waals surface area contributed by atoms with E-state index in [9.17, 15) is 30.3 Å². The molecule has 0 saturated carbocycles. The molecule has 0 aromatic carbocycles. The quantitative estimate of drug-likeness (QED) is 0.0261. The minimum Gasteiger partial charge on any atom is -0.394 e.